The second kappa shape index (κ2) is 5.24. The Morgan fingerprint density at radius 1 is 1.24 bits per heavy atom. The van der Waals surface area contributed by atoms with Crippen LogP contribution in [0.5, 0.6) is 0 Å². The van der Waals surface area contributed by atoms with Gasteiger partial charge in [-0.05, 0) is 25.0 Å². The topological polar surface area (TPSA) is 29.3 Å². The molecule has 106 valence electrons. The van der Waals surface area contributed by atoms with Gasteiger partial charge in [0.1, 0.15) is 5.84 Å². The Balaban J connectivity index is 1.82. The Bertz CT molecular complexity index is 762. The van der Waals surface area contributed by atoms with E-state index in [2.05, 4.69) is 63.4 Å². The molecule has 3 heteroatoms. The molecular formula is C18H19N3. The largest absolute Gasteiger partial charge is 0.367 e. The number of hydrogen-bond donors (Lipinski definition) is 1. The van der Waals surface area contributed by atoms with Crippen LogP contribution in [0.1, 0.15) is 18.5 Å². The molecular weight excluding hydrogens is 258 g/mol. The zero-order valence-corrected chi connectivity index (χ0v) is 12.0. The Morgan fingerprint density at radius 3 is 3.00 bits per heavy atom. The van der Waals surface area contributed by atoms with Gasteiger partial charge in [-0.15, -0.1) is 0 Å². The summed E-state index contributed by atoms with van der Waals surface area (Å²) in [7, 11) is 0. The lowest BCUT2D eigenvalue weighted by molar-refractivity contribution is 0.755. The molecule has 0 saturated heterocycles. The minimum Gasteiger partial charge on any atom is -0.367 e. The molecule has 2 aliphatic rings. The molecule has 21 heavy (non-hydrogen) atoms. The molecule has 2 heterocycles. The summed E-state index contributed by atoms with van der Waals surface area (Å²) in [5, 5.41) is 4.70. The molecule has 0 atom stereocenters. The van der Waals surface area contributed by atoms with Gasteiger partial charge in [-0.2, -0.15) is 0 Å². The van der Waals surface area contributed by atoms with E-state index in [9.17, 15) is 0 Å². The van der Waals surface area contributed by atoms with E-state index in [1.807, 2.05) is 0 Å². The Morgan fingerprint density at radius 2 is 2.19 bits per heavy atom. The highest BCUT2D eigenvalue weighted by Crippen LogP contribution is 2.24. The van der Waals surface area contributed by atoms with Gasteiger partial charge in [0.05, 0.1) is 12.2 Å². The van der Waals surface area contributed by atoms with Gasteiger partial charge in [-0.3, -0.25) is 4.99 Å². The van der Waals surface area contributed by atoms with Crippen molar-refractivity contribution in [2.24, 2.45) is 4.99 Å². The van der Waals surface area contributed by atoms with E-state index in [1.165, 1.54) is 22.2 Å². The van der Waals surface area contributed by atoms with Crippen LogP contribution in [-0.4, -0.2) is 23.5 Å². The Kier molecular flexibility index (Phi) is 3.11. The molecule has 1 aliphatic carbocycles. The molecule has 4 rings (SSSR count). The number of hydrogen-bond acceptors (Lipinski definition) is 2. The quantitative estimate of drug-likeness (QED) is 0.916. The Labute approximate surface area is 124 Å². The van der Waals surface area contributed by atoms with Crippen molar-refractivity contribution in [1.29, 1.82) is 0 Å². The average Bonchev–Trinajstić information content (AvgIpc) is 3.16. The van der Waals surface area contributed by atoms with Crippen LogP contribution in [0.25, 0.3) is 10.9 Å². The third-order valence-electron chi connectivity index (χ3n) is 4.19. The van der Waals surface area contributed by atoms with Crippen molar-refractivity contribution in [2.45, 2.75) is 19.4 Å². The molecule has 1 aliphatic heterocycles. The second-order valence-electron chi connectivity index (χ2n) is 5.62. The van der Waals surface area contributed by atoms with Crippen LogP contribution in [0, 0.1) is 0 Å². The van der Waals surface area contributed by atoms with Gasteiger partial charge in [-0.25, -0.2) is 0 Å². The molecule has 0 radical (unpaired) electrons. The fourth-order valence-electron chi connectivity index (χ4n) is 3.13. The van der Waals surface area contributed by atoms with Gasteiger partial charge in [0, 0.05) is 24.0 Å². The van der Waals surface area contributed by atoms with Gasteiger partial charge in [0.25, 0.3) is 0 Å². The third kappa shape index (κ3) is 2.29. The number of nitrogens with zero attached hydrogens (tertiary/aromatic N) is 2. The SMILES string of the molecule is C1=CCCC(Cn2c(C3=NCCN3)cc3ccccc32)=C1. The molecule has 0 spiro atoms. The predicted octanol–water partition coefficient (Wildman–Crippen LogP) is 3.27. The highest BCUT2D eigenvalue weighted by Gasteiger charge is 2.16. The van der Waals surface area contributed by atoms with E-state index < -0.39 is 0 Å². The highest BCUT2D eigenvalue weighted by atomic mass is 15.1. The molecule has 1 N–H and O–H groups in total. The summed E-state index contributed by atoms with van der Waals surface area (Å²) in [4.78, 5) is 4.61. The number of rotatable bonds is 3. The first-order valence-electron chi connectivity index (χ1n) is 7.63. The average molecular weight is 277 g/mol. The van der Waals surface area contributed by atoms with Crippen LogP contribution in [0.3, 0.4) is 0 Å². The van der Waals surface area contributed by atoms with Crippen molar-refractivity contribution < 1.29 is 0 Å². The standard InChI is InChI=1S/C18H19N3/c1-2-6-14(7-3-1)13-21-16-9-5-4-8-15(16)12-17(21)18-19-10-11-20-18/h1-2,4-6,8-9,12H,3,7,10-11,13H2,(H,19,20). The van der Waals surface area contributed by atoms with Crippen molar-refractivity contribution in [3.63, 3.8) is 0 Å². The summed E-state index contributed by atoms with van der Waals surface area (Å²) in [5.74, 6) is 1.04. The van der Waals surface area contributed by atoms with Crippen LogP contribution in [-0.2, 0) is 6.54 Å². The lowest BCUT2D eigenvalue weighted by atomic mass is 10.1. The number of aromatic nitrogens is 1. The molecule has 0 unspecified atom stereocenters. The van der Waals surface area contributed by atoms with Crippen molar-refractivity contribution in [3.8, 4) is 0 Å². The van der Waals surface area contributed by atoms with E-state index in [1.54, 1.807) is 0 Å². The first kappa shape index (κ1) is 12.5. The van der Waals surface area contributed by atoms with Crippen molar-refractivity contribution in [2.75, 3.05) is 13.1 Å². The molecule has 0 fully saturated rings. The molecule has 1 aromatic carbocycles. The maximum Gasteiger partial charge on any atom is 0.145 e. The lowest BCUT2D eigenvalue weighted by Crippen LogP contribution is -2.23. The lowest BCUT2D eigenvalue weighted by Gasteiger charge is -2.15. The van der Waals surface area contributed by atoms with Gasteiger partial charge in [-0.1, -0.05) is 42.0 Å². The number of amidine groups is 1. The smallest absolute Gasteiger partial charge is 0.145 e. The number of aliphatic imine (C=N–C) groups is 1. The van der Waals surface area contributed by atoms with Crippen LogP contribution in [0.4, 0.5) is 0 Å². The third-order valence-corrected chi connectivity index (χ3v) is 4.19. The molecule has 3 nitrogen and oxygen atoms in total. The maximum atomic E-state index is 4.61. The van der Waals surface area contributed by atoms with Crippen molar-refractivity contribution in [3.05, 3.63) is 59.8 Å². The summed E-state index contributed by atoms with van der Waals surface area (Å²) in [6.07, 6.45) is 8.98. The number of para-hydroxylation sites is 1. The summed E-state index contributed by atoms with van der Waals surface area (Å²) in [5.41, 5.74) is 3.99. The van der Waals surface area contributed by atoms with Crippen molar-refractivity contribution in [1.82, 2.24) is 9.88 Å². The van der Waals surface area contributed by atoms with Gasteiger partial charge in [0.2, 0.25) is 0 Å². The summed E-state index contributed by atoms with van der Waals surface area (Å²) >= 11 is 0. The Hall–Kier alpha value is -2.29. The minimum absolute atomic E-state index is 0.877. The van der Waals surface area contributed by atoms with Crippen LogP contribution < -0.4 is 5.32 Å². The predicted molar refractivity (Wildman–Crippen MR) is 87.8 cm³/mol. The fraction of sp³-hybridized carbons (Fsp3) is 0.278. The van der Waals surface area contributed by atoms with E-state index in [4.69, 9.17) is 0 Å². The molecule has 0 saturated carbocycles. The summed E-state index contributed by atoms with van der Waals surface area (Å²) in [6.45, 7) is 2.78. The maximum absolute atomic E-state index is 4.61. The number of benzene rings is 1. The normalized spacial score (nSPS) is 17.7. The fourth-order valence-corrected chi connectivity index (χ4v) is 3.13. The highest BCUT2D eigenvalue weighted by molar-refractivity contribution is 6.02. The zero-order valence-electron chi connectivity index (χ0n) is 12.0. The molecule has 0 bridgehead atoms. The summed E-state index contributed by atoms with van der Waals surface area (Å²) < 4.78 is 2.40. The van der Waals surface area contributed by atoms with E-state index in [0.29, 0.717) is 0 Å². The van der Waals surface area contributed by atoms with Gasteiger partial charge in [0.15, 0.2) is 0 Å². The van der Waals surface area contributed by atoms with Crippen LogP contribution in [0.15, 0.2) is 59.1 Å². The monoisotopic (exact) mass is 277 g/mol. The van der Waals surface area contributed by atoms with Crippen LogP contribution in [0.2, 0.25) is 0 Å². The van der Waals surface area contributed by atoms with Gasteiger partial charge >= 0.3 is 0 Å². The first-order chi connectivity index (χ1) is 10.4. The van der Waals surface area contributed by atoms with E-state index >= 15 is 0 Å². The number of allylic oxidation sites excluding steroid dienone is 4. The molecule has 0 amide bonds. The van der Waals surface area contributed by atoms with Gasteiger partial charge < -0.3 is 9.88 Å². The van der Waals surface area contributed by atoms with Crippen molar-refractivity contribution >= 4 is 16.7 Å². The molecule has 1 aromatic heterocycles. The molecule has 2 aromatic rings. The first-order valence-corrected chi connectivity index (χ1v) is 7.63. The zero-order chi connectivity index (χ0) is 14.1. The minimum atomic E-state index is 0.877. The van der Waals surface area contributed by atoms with E-state index in [-0.39, 0.29) is 0 Å². The van der Waals surface area contributed by atoms with Crippen LogP contribution >= 0.6 is 0 Å². The second-order valence-corrected chi connectivity index (χ2v) is 5.62. The number of nitrogens with one attached hydrogen (secondary N) is 1. The number of fused-ring (bicyclic) bond motifs is 1. The summed E-state index contributed by atoms with van der Waals surface area (Å²) in [6, 6.07) is 10.9. The van der Waals surface area contributed by atoms with E-state index in [0.717, 1.165) is 38.3 Å².